The first-order chi connectivity index (χ1) is 7.95. The van der Waals surface area contributed by atoms with Crippen molar-refractivity contribution in [3.8, 4) is 0 Å². The maximum atomic E-state index is 11.9. The minimum atomic E-state index is -0.593. The molecule has 0 saturated carbocycles. The molecule has 0 unspecified atom stereocenters. The zero-order chi connectivity index (χ0) is 13.1. The minimum absolute atomic E-state index is 0.0877. The van der Waals surface area contributed by atoms with Gasteiger partial charge in [-0.25, -0.2) is 0 Å². The second-order valence-corrected chi connectivity index (χ2v) is 4.60. The van der Waals surface area contributed by atoms with Crippen molar-refractivity contribution >= 4 is 5.91 Å². The van der Waals surface area contributed by atoms with Crippen LogP contribution in [-0.4, -0.2) is 23.2 Å². The maximum absolute atomic E-state index is 11.9. The smallest absolute Gasteiger partial charge is 0.287 e. The molecule has 0 bridgehead atoms. The molecule has 1 aromatic heterocycles. The lowest BCUT2D eigenvalue weighted by Gasteiger charge is -2.26. The SMILES string of the molecule is CCc1oc(C(=O)N[C@@](C)(CC)CO)cc1C. The van der Waals surface area contributed by atoms with Gasteiger partial charge in [0.25, 0.3) is 5.91 Å². The first-order valence-electron chi connectivity index (χ1n) is 5.98. The van der Waals surface area contributed by atoms with Crippen LogP contribution in [-0.2, 0) is 6.42 Å². The molecular formula is C13H21NO3. The van der Waals surface area contributed by atoms with Crippen molar-refractivity contribution < 1.29 is 14.3 Å². The van der Waals surface area contributed by atoms with Crippen LogP contribution in [0.2, 0.25) is 0 Å². The molecule has 0 saturated heterocycles. The van der Waals surface area contributed by atoms with E-state index < -0.39 is 5.54 Å². The highest BCUT2D eigenvalue weighted by Crippen LogP contribution is 2.16. The molecule has 0 spiro atoms. The van der Waals surface area contributed by atoms with Crippen LogP contribution in [0.4, 0.5) is 0 Å². The van der Waals surface area contributed by atoms with Crippen molar-refractivity contribution in [2.45, 2.75) is 46.1 Å². The molecule has 1 atom stereocenters. The molecule has 96 valence electrons. The largest absolute Gasteiger partial charge is 0.456 e. The zero-order valence-corrected chi connectivity index (χ0v) is 11.0. The van der Waals surface area contributed by atoms with E-state index in [9.17, 15) is 9.90 Å². The number of carbonyl (C=O) groups excluding carboxylic acids is 1. The summed E-state index contributed by atoms with van der Waals surface area (Å²) in [6, 6.07) is 1.74. The number of hydrogen-bond donors (Lipinski definition) is 2. The van der Waals surface area contributed by atoms with Crippen LogP contribution in [0.3, 0.4) is 0 Å². The molecule has 2 N–H and O–H groups in total. The molecule has 4 heteroatoms. The Bertz CT molecular complexity index is 391. The molecule has 4 nitrogen and oxygen atoms in total. The Labute approximate surface area is 102 Å². The quantitative estimate of drug-likeness (QED) is 0.826. The molecule has 0 radical (unpaired) electrons. The number of aliphatic hydroxyl groups is 1. The number of aryl methyl sites for hydroxylation is 2. The third-order valence-electron chi connectivity index (χ3n) is 3.11. The van der Waals surface area contributed by atoms with Crippen LogP contribution >= 0.6 is 0 Å². The lowest BCUT2D eigenvalue weighted by molar-refractivity contribution is 0.0818. The fourth-order valence-corrected chi connectivity index (χ4v) is 1.56. The van der Waals surface area contributed by atoms with Gasteiger partial charge in [-0.15, -0.1) is 0 Å². The Morgan fingerprint density at radius 2 is 2.18 bits per heavy atom. The van der Waals surface area contributed by atoms with Gasteiger partial charge in [0.2, 0.25) is 0 Å². The van der Waals surface area contributed by atoms with Crippen LogP contribution in [0.1, 0.15) is 49.1 Å². The third-order valence-corrected chi connectivity index (χ3v) is 3.11. The molecule has 1 rings (SSSR count). The van der Waals surface area contributed by atoms with Gasteiger partial charge in [-0.3, -0.25) is 4.79 Å². The Morgan fingerprint density at radius 3 is 2.59 bits per heavy atom. The summed E-state index contributed by atoms with van der Waals surface area (Å²) in [5, 5.41) is 12.0. The van der Waals surface area contributed by atoms with Crippen molar-refractivity contribution in [1.29, 1.82) is 0 Å². The van der Waals surface area contributed by atoms with Crippen molar-refractivity contribution in [1.82, 2.24) is 5.32 Å². The summed E-state index contributed by atoms with van der Waals surface area (Å²) in [4.78, 5) is 11.9. The third kappa shape index (κ3) is 3.09. The Balaban J connectivity index is 2.83. The summed E-state index contributed by atoms with van der Waals surface area (Å²) in [7, 11) is 0. The van der Waals surface area contributed by atoms with E-state index in [2.05, 4.69) is 5.32 Å². The van der Waals surface area contributed by atoms with E-state index in [1.165, 1.54) is 0 Å². The summed E-state index contributed by atoms with van der Waals surface area (Å²) in [5.74, 6) is 0.871. The van der Waals surface area contributed by atoms with Crippen LogP contribution in [0.15, 0.2) is 10.5 Å². The summed E-state index contributed by atoms with van der Waals surface area (Å²) in [5.41, 5.74) is 0.393. The topological polar surface area (TPSA) is 62.5 Å². The average Bonchev–Trinajstić information content (AvgIpc) is 2.70. The number of aliphatic hydroxyl groups excluding tert-OH is 1. The highest BCUT2D eigenvalue weighted by molar-refractivity contribution is 5.92. The average molecular weight is 239 g/mol. The van der Waals surface area contributed by atoms with E-state index in [1.807, 2.05) is 20.8 Å². The number of rotatable bonds is 5. The normalized spacial score (nSPS) is 14.4. The fourth-order valence-electron chi connectivity index (χ4n) is 1.56. The lowest BCUT2D eigenvalue weighted by atomic mass is 10.0. The molecule has 1 heterocycles. The predicted octanol–water partition coefficient (Wildman–Crippen LogP) is 2.04. The fraction of sp³-hybridized carbons (Fsp3) is 0.615. The molecule has 0 aliphatic carbocycles. The monoisotopic (exact) mass is 239 g/mol. The highest BCUT2D eigenvalue weighted by atomic mass is 16.4. The molecule has 1 aromatic rings. The number of furan rings is 1. The Morgan fingerprint density at radius 1 is 1.53 bits per heavy atom. The van der Waals surface area contributed by atoms with Gasteiger partial charge < -0.3 is 14.8 Å². The minimum Gasteiger partial charge on any atom is -0.456 e. The van der Waals surface area contributed by atoms with E-state index in [-0.39, 0.29) is 12.5 Å². The van der Waals surface area contributed by atoms with E-state index >= 15 is 0 Å². The molecule has 0 fully saturated rings. The van der Waals surface area contributed by atoms with Crippen LogP contribution in [0.5, 0.6) is 0 Å². The van der Waals surface area contributed by atoms with Crippen molar-refractivity contribution in [2.75, 3.05) is 6.61 Å². The molecule has 17 heavy (non-hydrogen) atoms. The van der Waals surface area contributed by atoms with Gasteiger partial charge in [0.15, 0.2) is 5.76 Å². The molecule has 0 aliphatic heterocycles. The summed E-state index contributed by atoms with van der Waals surface area (Å²) >= 11 is 0. The van der Waals surface area contributed by atoms with Crippen molar-refractivity contribution in [2.24, 2.45) is 0 Å². The predicted molar refractivity (Wildman–Crippen MR) is 66.1 cm³/mol. The van der Waals surface area contributed by atoms with Gasteiger partial charge in [-0.05, 0) is 31.9 Å². The number of hydrogen-bond acceptors (Lipinski definition) is 3. The Kier molecular flexibility index (Phi) is 4.34. The van der Waals surface area contributed by atoms with Gasteiger partial charge in [0, 0.05) is 6.42 Å². The highest BCUT2D eigenvalue weighted by Gasteiger charge is 2.25. The summed E-state index contributed by atoms with van der Waals surface area (Å²) < 4.78 is 5.47. The van der Waals surface area contributed by atoms with Crippen molar-refractivity contribution in [3.63, 3.8) is 0 Å². The van der Waals surface area contributed by atoms with E-state index in [1.54, 1.807) is 13.0 Å². The first kappa shape index (κ1) is 13.8. The van der Waals surface area contributed by atoms with Crippen LogP contribution in [0.25, 0.3) is 0 Å². The van der Waals surface area contributed by atoms with Crippen LogP contribution in [0, 0.1) is 6.92 Å². The number of amides is 1. The molecule has 1 amide bonds. The first-order valence-corrected chi connectivity index (χ1v) is 5.98. The van der Waals surface area contributed by atoms with Crippen molar-refractivity contribution in [3.05, 3.63) is 23.2 Å². The zero-order valence-electron chi connectivity index (χ0n) is 11.0. The van der Waals surface area contributed by atoms with E-state index in [4.69, 9.17) is 4.42 Å². The summed E-state index contributed by atoms with van der Waals surface area (Å²) in [6.45, 7) is 7.54. The molecule has 0 aromatic carbocycles. The van der Waals surface area contributed by atoms with Gasteiger partial charge in [0.1, 0.15) is 5.76 Å². The Hall–Kier alpha value is -1.29. The maximum Gasteiger partial charge on any atom is 0.287 e. The lowest BCUT2D eigenvalue weighted by Crippen LogP contribution is -2.48. The second kappa shape index (κ2) is 5.36. The molecule has 0 aliphatic rings. The second-order valence-electron chi connectivity index (χ2n) is 4.60. The van der Waals surface area contributed by atoms with Gasteiger partial charge >= 0.3 is 0 Å². The van der Waals surface area contributed by atoms with Gasteiger partial charge in [0.05, 0.1) is 12.1 Å². The van der Waals surface area contributed by atoms with Gasteiger partial charge in [-0.2, -0.15) is 0 Å². The summed E-state index contributed by atoms with van der Waals surface area (Å²) in [6.07, 6.45) is 1.43. The van der Waals surface area contributed by atoms with Crippen LogP contribution < -0.4 is 5.32 Å². The number of carbonyl (C=O) groups is 1. The number of nitrogens with one attached hydrogen (secondary N) is 1. The molecular weight excluding hydrogens is 218 g/mol. The van der Waals surface area contributed by atoms with Gasteiger partial charge in [-0.1, -0.05) is 13.8 Å². The van der Waals surface area contributed by atoms with E-state index in [0.717, 1.165) is 17.7 Å². The standard InChI is InChI=1S/C13H21NO3/c1-5-10-9(3)7-11(17-10)12(16)14-13(4,6-2)8-15/h7,15H,5-6,8H2,1-4H3,(H,14,16)/t13-/m0/s1. The van der Waals surface area contributed by atoms with E-state index in [0.29, 0.717) is 12.2 Å².